The zero-order chi connectivity index (χ0) is 20.8. The topological polar surface area (TPSA) is 71.1 Å². The van der Waals surface area contributed by atoms with E-state index in [1.165, 1.54) is 0 Å². The fourth-order valence-electron chi connectivity index (χ4n) is 3.40. The molecule has 3 amide bonds. The summed E-state index contributed by atoms with van der Waals surface area (Å²) >= 11 is 0. The van der Waals surface area contributed by atoms with Gasteiger partial charge in [0.05, 0.1) is 19.8 Å². The van der Waals surface area contributed by atoms with Gasteiger partial charge in [0.1, 0.15) is 11.5 Å². The van der Waals surface area contributed by atoms with Gasteiger partial charge in [-0.3, -0.25) is 9.69 Å². The van der Waals surface area contributed by atoms with E-state index in [2.05, 4.69) is 5.32 Å². The summed E-state index contributed by atoms with van der Waals surface area (Å²) in [6.45, 7) is 5.40. The monoisotopic (exact) mass is 397 g/mol. The summed E-state index contributed by atoms with van der Waals surface area (Å²) < 4.78 is 10.6. The maximum atomic E-state index is 12.8. The van der Waals surface area contributed by atoms with Crippen molar-refractivity contribution in [3.8, 4) is 11.5 Å². The van der Waals surface area contributed by atoms with Gasteiger partial charge in [0, 0.05) is 30.9 Å². The zero-order valence-corrected chi connectivity index (χ0v) is 17.1. The largest absolute Gasteiger partial charge is 0.497 e. The molecule has 1 atom stereocenters. The Kier molecular flexibility index (Phi) is 6.59. The van der Waals surface area contributed by atoms with Gasteiger partial charge in [-0.1, -0.05) is 0 Å². The summed E-state index contributed by atoms with van der Waals surface area (Å²) in [5.74, 6) is 1.49. The lowest BCUT2D eigenvalue weighted by Gasteiger charge is -2.24. The molecule has 0 aromatic heterocycles. The molecule has 2 aromatic carbocycles. The van der Waals surface area contributed by atoms with Crippen LogP contribution in [-0.2, 0) is 4.79 Å². The molecular formula is C22H27N3O4. The van der Waals surface area contributed by atoms with Gasteiger partial charge in [0.2, 0.25) is 5.91 Å². The van der Waals surface area contributed by atoms with E-state index in [0.29, 0.717) is 19.7 Å². The second-order valence-corrected chi connectivity index (χ2v) is 6.72. The highest BCUT2D eigenvalue weighted by atomic mass is 16.5. The lowest BCUT2D eigenvalue weighted by Crippen LogP contribution is -2.46. The molecule has 1 unspecified atom stereocenters. The van der Waals surface area contributed by atoms with Crippen LogP contribution in [0.25, 0.3) is 0 Å². The normalized spacial score (nSPS) is 15.9. The van der Waals surface area contributed by atoms with Crippen LogP contribution in [0, 0.1) is 0 Å². The second kappa shape index (κ2) is 9.32. The Morgan fingerprint density at radius 3 is 2.34 bits per heavy atom. The predicted molar refractivity (Wildman–Crippen MR) is 113 cm³/mol. The molecule has 0 saturated carbocycles. The molecule has 1 heterocycles. The number of urea groups is 1. The molecule has 1 saturated heterocycles. The lowest BCUT2D eigenvalue weighted by atomic mass is 10.2. The van der Waals surface area contributed by atoms with E-state index in [0.717, 1.165) is 22.9 Å². The number of ether oxygens (including phenoxy) is 2. The number of nitrogens with one attached hydrogen (secondary N) is 1. The van der Waals surface area contributed by atoms with Crippen LogP contribution in [0.2, 0.25) is 0 Å². The van der Waals surface area contributed by atoms with E-state index in [-0.39, 0.29) is 24.4 Å². The van der Waals surface area contributed by atoms with Crippen LogP contribution in [0.5, 0.6) is 11.5 Å². The molecule has 1 aliphatic rings. The van der Waals surface area contributed by atoms with E-state index in [1.807, 2.05) is 62.4 Å². The second-order valence-electron chi connectivity index (χ2n) is 6.72. The van der Waals surface area contributed by atoms with Crippen LogP contribution in [0.3, 0.4) is 0 Å². The Morgan fingerprint density at radius 1 is 1.10 bits per heavy atom. The average molecular weight is 397 g/mol. The third kappa shape index (κ3) is 4.80. The maximum absolute atomic E-state index is 12.8. The van der Waals surface area contributed by atoms with Crippen LogP contribution in [0.4, 0.5) is 16.2 Å². The minimum atomic E-state index is -0.242. The summed E-state index contributed by atoms with van der Waals surface area (Å²) in [4.78, 5) is 28.6. The molecule has 1 aliphatic heterocycles. The Balaban J connectivity index is 1.63. The van der Waals surface area contributed by atoms with E-state index in [9.17, 15) is 9.59 Å². The number of carbonyl (C=O) groups excluding carboxylic acids is 2. The van der Waals surface area contributed by atoms with E-state index < -0.39 is 0 Å². The van der Waals surface area contributed by atoms with Crippen molar-refractivity contribution in [1.29, 1.82) is 0 Å². The van der Waals surface area contributed by atoms with Crippen LogP contribution < -0.4 is 24.6 Å². The van der Waals surface area contributed by atoms with E-state index in [4.69, 9.17) is 9.47 Å². The number of carbonyl (C=O) groups is 2. The van der Waals surface area contributed by atoms with E-state index >= 15 is 0 Å². The SMILES string of the molecule is CCOc1ccc(N(CC)C(=O)NC2CC(=O)N(c3ccc(OC)cc3)C2)cc1. The van der Waals surface area contributed by atoms with Gasteiger partial charge >= 0.3 is 6.03 Å². The molecule has 2 aromatic rings. The van der Waals surface area contributed by atoms with Crippen molar-refractivity contribution in [3.63, 3.8) is 0 Å². The van der Waals surface area contributed by atoms with Crippen LogP contribution >= 0.6 is 0 Å². The summed E-state index contributed by atoms with van der Waals surface area (Å²) in [7, 11) is 1.60. The van der Waals surface area contributed by atoms with Gasteiger partial charge in [-0.15, -0.1) is 0 Å². The molecule has 0 radical (unpaired) electrons. The van der Waals surface area contributed by atoms with Crippen LogP contribution in [0.15, 0.2) is 48.5 Å². The first-order chi connectivity index (χ1) is 14.0. The molecule has 0 aliphatic carbocycles. The van der Waals surface area contributed by atoms with Crippen molar-refractivity contribution in [2.45, 2.75) is 26.3 Å². The molecule has 1 fully saturated rings. The summed E-state index contributed by atoms with van der Waals surface area (Å²) in [6.07, 6.45) is 0.276. The number of rotatable bonds is 7. The summed E-state index contributed by atoms with van der Waals surface area (Å²) in [6, 6.07) is 14.3. The highest BCUT2D eigenvalue weighted by Crippen LogP contribution is 2.25. The van der Waals surface area contributed by atoms with Gasteiger partial charge < -0.3 is 19.7 Å². The standard InChI is InChI=1S/C22H27N3O4/c1-4-24(17-8-12-20(13-9-17)29-5-2)22(27)23-16-14-21(26)25(15-16)18-6-10-19(28-3)11-7-18/h6-13,16H,4-5,14-15H2,1-3H3,(H,23,27). The third-order valence-electron chi connectivity index (χ3n) is 4.86. The first-order valence-corrected chi connectivity index (χ1v) is 9.81. The van der Waals surface area contributed by atoms with Crippen molar-refractivity contribution in [1.82, 2.24) is 5.32 Å². The Bertz CT molecular complexity index is 836. The van der Waals surface area contributed by atoms with Crippen molar-refractivity contribution in [2.24, 2.45) is 0 Å². The van der Waals surface area contributed by atoms with Gasteiger partial charge in [0.15, 0.2) is 0 Å². The maximum Gasteiger partial charge on any atom is 0.322 e. The number of benzene rings is 2. The fourth-order valence-corrected chi connectivity index (χ4v) is 3.40. The first kappa shape index (κ1) is 20.5. The lowest BCUT2D eigenvalue weighted by molar-refractivity contribution is -0.117. The van der Waals surface area contributed by atoms with Gasteiger partial charge in [0.25, 0.3) is 0 Å². The molecule has 29 heavy (non-hydrogen) atoms. The van der Waals surface area contributed by atoms with Crippen molar-refractivity contribution in [2.75, 3.05) is 36.6 Å². The highest BCUT2D eigenvalue weighted by molar-refractivity contribution is 5.98. The molecule has 1 N–H and O–H groups in total. The predicted octanol–water partition coefficient (Wildman–Crippen LogP) is 3.44. The van der Waals surface area contributed by atoms with Gasteiger partial charge in [-0.25, -0.2) is 4.79 Å². The molecule has 7 heteroatoms. The van der Waals surface area contributed by atoms with Gasteiger partial charge in [-0.05, 0) is 62.4 Å². The Labute approximate surface area is 171 Å². The number of methoxy groups -OCH3 is 1. The number of nitrogens with zero attached hydrogens (tertiary/aromatic N) is 2. The highest BCUT2D eigenvalue weighted by Gasteiger charge is 2.32. The third-order valence-corrected chi connectivity index (χ3v) is 4.86. The van der Waals surface area contributed by atoms with E-state index in [1.54, 1.807) is 16.9 Å². The number of hydrogen-bond acceptors (Lipinski definition) is 4. The number of amides is 3. The Hall–Kier alpha value is -3.22. The number of anilines is 2. The quantitative estimate of drug-likeness (QED) is 0.777. The van der Waals surface area contributed by atoms with Crippen molar-refractivity contribution >= 4 is 23.3 Å². The van der Waals surface area contributed by atoms with Crippen molar-refractivity contribution < 1.29 is 19.1 Å². The smallest absolute Gasteiger partial charge is 0.322 e. The van der Waals surface area contributed by atoms with Gasteiger partial charge in [-0.2, -0.15) is 0 Å². The number of hydrogen-bond donors (Lipinski definition) is 1. The molecule has 3 rings (SSSR count). The molecular weight excluding hydrogens is 370 g/mol. The average Bonchev–Trinajstić information content (AvgIpc) is 3.10. The molecule has 154 valence electrons. The first-order valence-electron chi connectivity index (χ1n) is 9.81. The summed E-state index contributed by atoms with van der Waals surface area (Å²) in [5.41, 5.74) is 1.58. The minimum Gasteiger partial charge on any atom is -0.497 e. The zero-order valence-electron chi connectivity index (χ0n) is 17.1. The Morgan fingerprint density at radius 2 is 1.76 bits per heavy atom. The van der Waals surface area contributed by atoms with Crippen LogP contribution in [-0.4, -0.2) is 44.8 Å². The molecule has 0 bridgehead atoms. The summed E-state index contributed by atoms with van der Waals surface area (Å²) in [5, 5.41) is 2.99. The minimum absolute atomic E-state index is 0.00965. The van der Waals surface area contributed by atoms with Crippen LogP contribution in [0.1, 0.15) is 20.3 Å². The fraction of sp³-hybridized carbons (Fsp3) is 0.364. The van der Waals surface area contributed by atoms with Crippen molar-refractivity contribution in [3.05, 3.63) is 48.5 Å². The molecule has 0 spiro atoms. The molecule has 7 nitrogen and oxygen atoms in total.